The Balaban J connectivity index is 1.69. The first-order chi connectivity index (χ1) is 8.05. The Kier molecular flexibility index (Phi) is 4.41. The minimum atomic E-state index is -3.08. The first-order valence-corrected chi connectivity index (χ1v) is 8.13. The second-order valence-electron chi connectivity index (χ2n) is 5.30. The lowest BCUT2D eigenvalue weighted by Gasteiger charge is -2.33. The molecular formula is C11H23N3O2S. The van der Waals surface area contributed by atoms with Crippen LogP contribution in [0.5, 0.6) is 0 Å². The highest BCUT2D eigenvalue weighted by Gasteiger charge is 2.29. The highest BCUT2D eigenvalue weighted by atomic mass is 32.2. The van der Waals surface area contributed by atoms with E-state index >= 15 is 0 Å². The fourth-order valence-corrected chi connectivity index (χ4v) is 3.81. The predicted molar refractivity (Wildman–Crippen MR) is 68.4 cm³/mol. The molecule has 1 saturated carbocycles. The Morgan fingerprint density at radius 3 is 2.53 bits per heavy atom. The van der Waals surface area contributed by atoms with Crippen molar-refractivity contribution in [3.63, 3.8) is 0 Å². The highest BCUT2D eigenvalue weighted by Crippen LogP contribution is 2.26. The Morgan fingerprint density at radius 1 is 1.29 bits per heavy atom. The van der Waals surface area contributed by atoms with Crippen molar-refractivity contribution in [2.75, 3.05) is 38.5 Å². The SMILES string of the molecule is CC1CC(NS(=O)(=O)CCN2CCNCC2)C1. The molecule has 1 heterocycles. The van der Waals surface area contributed by atoms with Gasteiger partial charge in [0.05, 0.1) is 5.75 Å². The molecule has 0 bridgehead atoms. The van der Waals surface area contributed by atoms with E-state index < -0.39 is 10.0 Å². The van der Waals surface area contributed by atoms with Crippen LogP contribution in [0.15, 0.2) is 0 Å². The summed E-state index contributed by atoms with van der Waals surface area (Å²) in [5, 5.41) is 3.26. The minimum absolute atomic E-state index is 0.193. The number of hydrogen-bond acceptors (Lipinski definition) is 4. The normalized spacial score (nSPS) is 31.1. The minimum Gasteiger partial charge on any atom is -0.314 e. The summed E-state index contributed by atoms with van der Waals surface area (Å²) in [5.74, 6) is 0.911. The first kappa shape index (κ1) is 13.3. The quantitative estimate of drug-likeness (QED) is 0.707. The van der Waals surface area contributed by atoms with Crippen LogP contribution in [0, 0.1) is 5.92 Å². The molecule has 0 spiro atoms. The van der Waals surface area contributed by atoms with Crippen LogP contribution >= 0.6 is 0 Å². The van der Waals surface area contributed by atoms with Crippen molar-refractivity contribution in [2.45, 2.75) is 25.8 Å². The van der Waals surface area contributed by atoms with Gasteiger partial charge in [0.25, 0.3) is 0 Å². The van der Waals surface area contributed by atoms with E-state index in [1.165, 1.54) is 0 Å². The molecule has 0 amide bonds. The third-order valence-electron chi connectivity index (χ3n) is 3.61. The fourth-order valence-electron chi connectivity index (χ4n) is 2.50. The van der Waals surface area contributed by atoms with Gasteiger partial charge in [-0.05, 0) is 18.8 Å². The molecule has 0 aromatic heterocycles. The molecule has 0 atom stereocenters. The zero-order valence-electron chi connectivity index (χ0n) is 10.5. The van der Waals surface area contributed by atoms with E-state index in [1.807, 2.05) is 0 Å². The first-order valence-electron chi connectivity index (χ1n) is 6.48. The van der Waals surface area contributed by atoms with Gasteiger partial charge in [-0.2, -0.15) is 0 Å². The molecule has 1 saturated heterocycles. The maximum Gasteiger partial charge on any atom is 0.213 e. The smallest absolute Gasteiger partial charge is 0.213 e. The van der Waals surface area contributed by atoms with Crippen molar-refractivity contribution in [3.8, 4) is 0 Å². The summed E-state index contributed by atoms with van der Waals surface area (Å²) in [6, 6.07) is 0.193. The monoisotopic (exact) mass is 261 g/mol. The van der Waals surface area contributed by atoms with Crippen LogP contribution < -0.4 is 10.0 Å². The third kappa shape index (κ3) is 4.21. The third-order valence-corrected chi connectivity index (χ3v) is 5.02. The van der Waals surface area contributed by atoms with Gasteiger partial charge in [0.1, 0.15) is 0 Å². The van der Waals surface area contributed by atoms with Crippen LogP contribution in [0.3, 0.4) is 0 Å². The van der Waals surface area contributed by atoms with E-state index in [-0.39, 0.29) is 11.8 Å². The summed E-state index contributed by atoms with van der Waals surface area (Å²) >= 11 is 0. The molecule has 0 radical (unpaired) electrons. The van der Waals surface area contributed by atoms with Crippen LogP contribution in [-0.4, -0.2) is 57.8 Å². The van der Waals surface area contributed by atoms with Crippen LogP contribution in [0.2, 0.25) is 0 Å². The Hall–Kier alpha value is -0.170. The van der Waals surface area contributed by atoms with Crippen molar-refractivity contribution >= 4 is 10.0 Å². The van der Waals surface area contributed by atoms with Crippen molar-refractivity contribution in [1.82, 2.24) is 14.9 Å². The van der Waals surface area contributed by atoms with Gasteiger partial charge in [0.15, 0.2) is 0 Å². The molecule has 1 aliphatic heterocycles. The number of nitrogens with zero attached hydrogens (tertiary/aromatic N) is 1. The van der Waals surface area contributed by atoms with Gasteiger partial charge >= 0.3 is 0 Å². The molecule has 0 aromatic rings. The molecule has 17 heavy (non-hydrogen) atoms. The highest BCUT2D eigenvalue weighted by molar-refractivity contribution is 7.89. The standard InChI is InChI=1S/C11H23N3O2S/c1-10-8-11(9-10)13-17(15,16)7-6-14-4-2-12-3-5-14/h10-13H,2-9H2,1H3. The van der Waals surface area contributed by atoms with Crippen LogP contribution in [0.1, 0.15) is 19.8 Å². The van der Waals surface area contributed by atoms with Crippen molar-refractivity contribution in [2.24, 2.45) is 5.92 Å². The van der Waals surface area contributed by atoms with Crippen molar-refractivity contribution in [3.05, 3.63) is 0 Å². The Bertz CT molecular complexity index is 333. The zero-order valence-corrected chi connectivity index (χ0v) is 11.3. The Morgan fingerprint density at radius 2 is 1.94 bits per heavy atom. The lowest BCUT2D eigenvalue weighted by molar-refractivity contribution is 0.251. The number of nitrogens with one attached hydrogen (secondary N) is 2. The largest absolute Gasteiger partial charge is 0.314 e. The average Bonchev–Trinajstić information content (AvgIpc) is 2.26. The topological polar surface area (TPSA) is 61.4 Å². The number of hydrogen-bond donors (Lipinski definition) is 2. The summed E-state index contributed by atoms with van der Waals surface area (Å²) in [4.78, 5) is 2.21. The number of rotatable bonds is 5. The van der Waals surface area contributed by atoms with Crippen LogP contribution in [-0.2, 0) is 10.0 Å². The van der Waals surface area contributed by atoms with E-state index in [4.69, 9.17) is 0 Å². The molecule has 2 aliphatic rings. The maximum atomic E-state index is 11.8. The van der Waals surface area contributed by atoms with Crippen molar-refractivity contribution in [1.29, 1.82) is 0 Å². The summed E-state index contributed by atoms with van der Waals surface area (Å²) in [6.45, 7) is 6.65. The second-order valence-corrected chi connectivity index (χ2v) is 7.18. The van der Waals surface area contributed by atoms with E-state index in [0.717, 1.165) is 39.0 Å². The van der Waals surface area contributed by atoms with Gasteiger partial charge < -0.3 is 5.32 Å². The molecule has 0 aromatic carbocycles. The van der Waals surface area contributed by atoms with Gasteiger partial charge in [-0.15, -0.1) is 0 Å². The van der Waals surface area contributed by atoms with E-state index in [1.54, 1.807) is 0 Å². The molecule has 100 valence electrons. The summed E-state index contributed by atoms with van der Waals surface area (Å²) in [6.07, 6.45) is 1.99. The number of sulfonamides is 1. The lowest BCUT2D eigenvalue weighted by Crippen LogP contribution is -2.48. The number of piperazine rings is 1. The lowest BCUT2D eigenvalue weighted by atomic mass is 9.83. The summed E-state index contributed by atoms with van der Waals surface area (Å²) in [5.41, 5.74) is 0. The van der Waals surface area contributed by atoms with Gasteiger partial charge in [-0.1, -0.05) is 6.92 Å². The predicted octanol–water partition coefficient (Wildman–Crippen LogP) is -0.390. The van der Waals surface area contributed by atoms with E-state index in [0.29, 0.717) is 12.5 Å². The maximum absolute atomic E-state index is 11.8. The van der Waals surface area contributed by atoms with Gasteiger partial charge in [0.2, 0.25) is 10.0 Å². The summed E-state index contributed by atoms with van der Waals surface area (Å²) < 4.78 is 26.5. The van der Waals surface area contributed by atoms with E-state index in [2.05, 4.69) is 21.9 Å². The zero-order chi connectivity index (χ0) is 12.3. The molecule has 2 rings (SSSR count). The van der Waals surface area contributed by atoms with Gasteiger partial charge in [-0.25, -0.2) is 13.1 Å². The molecule has 2 N–H and O–H groups in total. The van der Waals surface area contributed by atoms with Gasteiger partial charge in [0, 0.05) is 38.8 Å². The molecule has 1 aliphatic carbocycles. The fraction of sp³-hybridized carbons (Fsp3) is 1.00. The molecule has 6 heteroatoms. The van der Waals surface area contributed by atoms with Crippen molar-refractivity contribution < 1.29 is 8.42 Å². The second kappa shape index (κ2) is 5.65. The van der Waals surface area contributed by atoms with Crippen LogP contribution in [0.25, 0.3) is 0 Å². The average molecular weight is 261 g/mol. The van der Waals surface area contributed by atoms with Crippen LogP contribution in [0.4, 0.5) is 0 Å². The van der Waals surface area contributed by atoms with E-state index in [9.17, 15) is 8.42 Å². The van der Waals surface area contributed by atoms with Gasteiger partial charge in [-0.3, -0.25) is 4.90 Å². The molecular weight excluding hydrogens is 238 g/mol. The molecule has 2 fully saturated rings. The molecule has 5 nitrogen and oxygen atoms in total. The molecule has 0 unspecified atom stereocenters. The Labute approximate surface area is 104 Å². The summed E-state index contributed by atoms with van der Waals surface area (Å²) in [7, 11) is -3.08.